The molecule has 2 fully saturated rings. The molecule has 1 aromatic carbocycles. The second-order valence-corrected chi connectivity index (χ2v) is 8.77. The van der Waals surface area contributed by atoms with Crippen LogP contribution < -0.4 is 0 Å². The molecule has 2 saturated heterocycles. The van der Waals surface area contributed by atoms with Gasteiger partial charge in [0.2, 0.25) is 5.91 Å². The minimum atomic E-state index is -0.379. The Morgan fingerprint density at radius 3 is 2.62 bits per heavy atom. The third kappa shape index (κ3) is 5.09. The summed E-state index contributed by atoms with van der Waals surface area (Å²) in [5.41, 5.74) is 2.09. The van der Waals surface area contributed by atoms with Gasteiger partial charge < -0.3 is 24.2 Å². The first-order chi connectivity index (χ1) is 15.4. The number of rotatable bonds is 5. The predicted octanol–water partition coefficient (Wildman–Crippen LogP) is 1.95. The topological polar surface area (TPSA) is 75.2 Å². The molecular weight excluding hydrogens is 408 g/mol. The number of carbonyl (C=O) groups is 2. The molecule has 2 amide bonds. The van der Waals surface area contributed by atoms with Crippen LogP contribution in [-0.2, 0) is 14.3 Å². The SMILES string of the molecule is CC(C)OCC(=O)N1CCO[C@H](c2cc(C(=O)N3CCN(C)CC3)c3ccccc3n2)C1. The lowest BCUT2D eigenvalue weighted by Gasteiger charge is -2.34. The van der Waals surface area contributed by atoms with Crippen LogP contribution in [0.4, 0.5) is 0 Å². The van der Waals surface area contributed by atoms with Crippen molar-refractivity contribution in [1.29, 1.82) is 0 Å². The Labute approximate surface area is 189 Å². The Kier molecular flexibility index (Phi) is 7.03. The monoisotopic (exact) mass is 440 g/mol. The summed E-state index contributed by atoms with van der Waals surface area (Å²) in [7, 11) is 2.07. The summed E-state index contributed by atoms with van der Waals surface area (Å²) < 4.78 is 11.5. The van der Waals surface area contributed by atoms with E-state index in [0.717, 1.165) is 24.0 Å². The second kappa shape index (κ2) is 9.94. The van der Waals surface area contributed by atoms with Gasteiger partial charge in [0.15, 0.2) is 0 Å². The van der Waals surface area contributed by atoms with Gasteiger partial charge >= 0.3 is 0 Å². The maximum atomic E-state index is 13.4. The fourth-order valence-corrected chi connectivity index (χ4v) is 4.10. The van der Waals surface area contributed by atoms with Crippen LogP contribution >= 0.6 is 0 Å². The summed E-state index contributed by atoms with van der Waals surface area (Å²) in [5.74, 6) is -0.0337. The Hall–Kier alpha value is -2.55. The number of morpholine rings is 1. The summed E-state index contributed by atoms with van der Waals surface area (Å²) in [6.45, 7) is 8.37. The quantitative estimate of drug-likeness (QED) is 0.708. The minimum absolute atomic E-state index is 0.00101. The highest BCUT2D eigenvalue weighted by Gasteiger charge is 2.29. The Morgan fingerprint density at radius 1 is 1.12 bits per heavy atom. The normalized spacial score (nSPS) is 20.2. The second-order valence-electron chi connectivity index (χ2n) is 8.77. The fraction of sp³-hybridized carbons (Fsp3) is 0.542. The molecule has 1 aromatic heterocycles. The van der Waals surface area contributed by atoms with Gasteiger partial charge in [0.05, 0.1) is 36.0 Å². The lowest BCUT2D eigenvalue weighted by atomic mass is 10.0. The Balaban J connectivity index is 1.59. The number of para-hydroxylation sites is 1. The molecule has 2 aromatic rings. The van der Waals surface area contributed by atoms with Crippen molar-refractivity contribution in [3.05, 3.63) is 41.6 Å². The molecule has 2 aliphatic rings. The average Bonchev–Trinajstić information content (AvgIpc) is 2.82. The fourth-order valence-electron chi connectivity index (χ4n) is 4.10. The zero-order valence-corrected chi connectivity index (χ0v) is 19.1. The molecule has 1 atom stereocenters. The van der Waals surface area contributed by atoms with E-state index in [1.807, 2.05) is 49.1 Å². The predicted molar refractivity (Wildman–Crippen MR) is 122 cm³/mol. The van der Waals surface area contributed by atoms with E-state index in [2.05, 4.69) is 11.9 Å². The Bertz CT molecular complexity index is 972. The summed E-state index contributed by atoms with van der Waals surface area (Å²) in [6.07, 6.45) is -0.378. The lowest BCUT2D eigenvalue weighted by molar-refractivity contribution is -0.145. The number of aromatic nitrogens is 1. The molecule has 8 heteroatoms. The van der Waals surface area contributed by atoms with Crippen molar-refractivity contribution in [1.82, 2.24) is 19.7 Å². The highest BCUT2D eigenvalue weighted by molar-refractivity contribution is 6.06. The number of amides is 2. The first-order valence-electron chi connectivity index (χ1n) is 11.3. The number of benzene rings is 1. The van der Waals surface area contributed by atoms with E-state index in [4.69, 9.17) is 14.5 Å². The van der Waals surface area contributed by atoms with E-state index in [1.165, 1.54) is 0 Å². The summed E-state index contributed by atoms with van der Waals surface area (Å²) in [5, 5.41) is 0.842. The molecule has 8 nitrogen and oxygen atoms in total. The maximum absolute atomic E-state index is 13.4. The molecule has 0 N–H and O–H groups in total. The van der Waals surface area contributed by atoms with Gasteiger partial charge in [-0.3, -0.25) is 9.59 Å². The van der Waals surface area contributed by atoms with Crippen molar-refractivity contribution < 1.29 is 19.1 Å². The number of pyridine rings is 1. The molecule has 0 saturated carbocycles. The number of fused-ring (bicyclic) bond motifs is 1. The molecular formula is C24H32N4O4. The molecule has 2 aliphatic heterocycles. The summed E-state index contributed by atoms with van der Waals surface area (Å²) in [4.78, 5) is 36.7. The molecule has 172 valence electrons. The highest BCUT2D eigenvalue weighted by atomic mass is 16.5. The van der Waals surface area contributed by atoms with E-state index in [1.54, 1.807) is 4.90 Å². The van der Waals surface area contributed by atoms with Gasteiger partial charge in [-0.2, -0.15) is 0 Å². The number of likely N-dealkylation sites (N-methyl/N-ethyl adjacent to an activating group) is 1. The van der Waals surface area contributed by atoms with E-state index >= 15 is 0 Å². The third-order valence-corrected chi connectivity index (χ3v) is 6.05. The van der Waals surface area contributed by atoms with Crippen molar-refractivity contribution in [2.45, 2.75) is 26.1 Å². The summed E-state index contributed by atoms with van der Waals surface area (Å²) in [6, 6.07) is 9.56. The van der Waals surface area contributed by atoms with Crippen LogP contribution in [-0.4, -0.2) is 97.1 Å². The lowest BCUT2D eigenvalue weighted by Crippen LogP contribution is -2.47. The van der Waals surface area contributed by atoms with Crippen molar-refractivity contribution in [2.75, 3.05) is 59.5 Å². The van der Waals surface area contributed by atoms with Gasteiger partial charge in [0, 0.05) is 38.1 Å². The van der Waals surface area contributed by atoms with Crippen LogP contribution in [0.1, 0.15) is 36.0 Å². The van der Waals surface area contributed by atoms with Crippen LogP contribution in [0.5, 0.6) is 0 Å². The van der Waals surface area contributed by atoms with E-state index in [-0.39, 0.29) is 30.6 Å². The molecule has 0 unspecified atom stereocenters. The summed E-state index contributed by atoms with van der Waals surface area (Å²) >= 11 is 0. The van der Waals surface area contributed by atoms with E-state index < -0.39 is 0 Å². The zero-order chi connectivity index (χ0) is 22.7. The highest BCUT2D eigenvalue weighted by Crippen LogP contribution is 2.27. The maximum Gasteiger partial charge on any atom is 0.254 e. The number of hydrogen-bond donors (Lipinski definition) is 0. The molecule has 0 spiro atoms. The van der Waals surface area contributed by atoms with Gasteiger partial charge in [-0.05, 0) is 33.0 Å². The van der Waals surface area contributed by atoms with Crippen molar-refractivity contribution in [3.63, 3.8) is 0 Å². The van der Waals surface area contributed by atoms with Crippen molar-refractivity contribution in [3.8, 4) is 0 Å². The average molecular weight is 441 g/mol. The van der Waals surface area contributed by atoms with E-state index in [9.17, 15) is 9.59 Å². The zero-order valence-electron chi connectivity index (χ0n) is 19.1. The van der Waals surface area contributed by atoms with Gasteiger partial charge in [0.25, 0.3) is 5.91 Å². The molecule has 0 radical (unpaired) electrons. The smallest absolute Gasteiger partial charge is 0.254 e. The van der Waals surface area contributed by atoms with Gasteiger partial charge in [-0.15, -0.1) is 0 Å². The van der Waals surface area contributed by atoms with Crippen LogP contribution in [0.3, 0.4) is 0 Å². The number of carbonyl (C=O) groups excluding carboxylic acids is 2. The van der Waals surface area contributed by atoms with Crippen LogP contribution in [0, 0.1) is 0 Å². The number of ether oxygens (including phenoxy) is 2. The van der Waals surface area contributed by atoms with Crippen molar-refractivity contribution >= 4 is 22.7 Å². The number of hydrogen-bond acceptors (Lipinski definition) is 6. The van der Waals surface area contributed by atoms with Gasteiger partial charge in [-0.25, -0.2) is 4.98 Å². The van der Waals surface area contributed by atoms with Crippen LogP contribution in [0.2, 0.25) is 0 Å². The van der Waals surface area contributed by atoms with Crippen molar-refractivity contribution in [2.24, 2.45) is 0 Å². The number of piperazine rings is 1. The molecule has 0 aliphatic carbocycles. The molecule has 3 heterocycles. The first-order valence-corrected chi connectivity index (χ1v) is 11.3. The minimum Gasteiger partial charge on any atom is -0.369 e. The van der Waals surface area contributed by atoms with Crippen LogP contribution in [0.15, 0.2) is 30.3 Å². The molecule has 32 heavy (non-hydrogen) atoms. The van der Waals surface area contributed by atoms with Crippen LogP contribution in [0.25, 0.3) is 10.9 Å². The number of nitrogens with zero attached hydrogens (tertiary/aromatic N) is 4. The standard InChI is InChI=1S/C24H32N4O4/c1-17(2)32-16-23(29)28-12-13-31-22(15-28)21-14-19(18-6-4-5-7-20(18)25-21)24(30)27-10-8-26(3)9-11-27/h4-7,14,17,22H,8-13,15-16H2,1-3H3/t22-/m0/s1. The Morgan fingerprint density at radius 2 is 1.88 bits per heavy atom. The van der Waals surface area contributed by atoms with Gasteiger partial charge in [-0.1, -0.05) is 18.2 Å². The molecule has 0 bridgehead atoms. The molecule has 4 rings (SSSR count). The van der Waals surface area contributed by atoms with Gasteiger partial charge in [0.1, 0.15) is 12.7 Å². The third-order valence-electron chi connectivity index (χ3n) is 6.05. The first kappa shape index (κ1) is 22.6. The largest absolute Gasteiger partial charge is 0.369 e. The van der Waals surface area contributed by atoms with E-state index in [0.29, 0.717) is 44.0 Å².